The van der Waals surface area contributed by atoms with E-state index in [0.29, 0.717) is 5.69 Å². The number of aromatic nitrogens is 2. The minimum absolute atomic E-state index is 0.0430. The predicted octanol–water partition coefficient (Wildman–Crippen LogP) is 0.470. The van der Waals surface area contributed by atoms with Gasteiger partial charge in [0.25, 0.3) is 10.0 Å². The zero-order valence-corrected chi connectivity index (χ0v) is 9.74. The van der Waals surface area contributed by atoms with Crippen LogP contribution in [0.5, 0.6) is 0 Å². The SMILES string of the molecule is Nc1cccc(CNS(=O)(=O)c2cnc[nH]2)c1. The Hall–Kier alpha value is -1.86. The maximum Gasteiger partial charge on any atom is 0.257 e. The van der Waals surface area contributed by atoms with Crippen molar-refractivity contribution >= 4 is 15.7 Å². The van der Waals surface area contributed by atoms with Crippen molar-refractivity contribution in [2.24, 2.45) is 0 Å². The molecule has 0 radical (unpaired) electrons. The van der Waals surface area contributed by atoms with E-state index in [-0.39, 0.29) is 11.6 Å². The van der Waals surface area contributed by atoms with Crippen LogP contribution < -0.4 is 10.5 Å². The molecule has 4 N–H and O–H groups in total. The van der Waals surface area contributed by atoms with Crippen LogP contribution in [0.1, 0.15) is 5.56 Å². The Kier molecular flexibility index (Phi) is 3.12. The molecule has 0 fully saturated rings. The summed E-state index contributed by atoms with van der Waals surface area (Å²) in [7, 11) is -3.54. The molecule has 6 nitrogen and oxygen atoms in total. The van der Waals surface area contributed by atoms with E-state index in [1.807, 2.05) is 0 Å². The number of nitrogens with two attached hydrogens (primary N) is 1. The second kappa shape index (κ2) is 4.56. The van der Waals surface area contributed by atoms with Crippen LogP contribution in [0.25, 0.3) is 0 Å². The molecule has 0 saturated carbocycles. The lowest BCUT2D eigenvalue weighted by molar-refractivity contribution is 0.578. The Morgan fingerprint density at radius 2 is 2.24 bits per heavy atom. The van der Waals surface area contributed by atoms with E-state index in [1.54, 1.807) is 24.3 Å². The van der Waals surface area contributed by atoms with E-state index < -0.39 is 10.0 Å². The van der Waals surface area contributed by atoms with Crippen molar-refractivity contribution in [2.45, 2.75) is 11.6 Å². The van der Waals surface area contributed by atoms with E-state index in [0.717, 1.165) is 5.56 Å². The van der Waals surface area contributed by atoms with E-state index in [2.05, 4.69) is 14.7 Å². The molecule has 1 aromatic carbocycles. The van der Waals surface area contributed by atoms with Crippen LogP contribution in [0, 0.1) is 0 Å². The van der Waals surface area contributed by atoms with Crippen LogP contribution >= 0.6 is 0 Å². The quantitative estimate of drug-likeness (QED) is 0.688. The van der Waals surface area contributed by atoms with Crippen molar-refractivity contribution in [3.8, 4) is 0 Å². The van der Waals surface area contributed by atoms with Gasteiger partial charge >= 0.3 is 0 Å². The van der Waals surface area contributed by atoms with Crippen LogP contribution in [0.3, 0.4) is 0 Å². The number of hydrogen-bond donors (Lipinski definition) is 3. The van der Waals surface area contributed by atoms with Gasteiger partial charge in [-0.25, -0.2) is 18.1 Å². The molecular weight excluding hydrogens is 240 g/mol. The lowest BCUT2D eigenvalue weighted by Gasteiger charge is -2.05. The standard InChI is InChI=1S/C10H12N4O2S/c11-9-3-1-2-8(4-9)5-14-17(15,16)10-6-12-7-13-10/h1-4,6-7,14H,5,11H2,(H,12,13). The van der Waals surface area contributed by atoms with Gasteiger partial charge in [0, 0.05) is 12.2 Å². The van der Waals surface area contributed by atoms with Crippen molar-refractivity contribution in [1.82, 2.24) is 14.7 Å². The Balaban J connectivity index is 2.08. The highest BCUT2D eigenvalue weighted by Gasteiger charge is 2.14. The smallest absolute Gasteiger partial charge is 0.257 e. The van der Waals surface area contributed by atoms with E-state index in [4.69, 9.17) is 5.73 Å². The number of benzene rings is 1. The topological polar surface area (TPSA) is 101 Å². The van der Waals surface area contributed by atoms with Crippen LogP contribution in [0.2, 0.25) is 0 Å². The fourth-order valence-electron chi connectivity index (χ4n) is 1.35. The van der Waals surface area contributed by atoms with Gasteiger partial charge in [0.1, 0.15) is 0 Å². The molecule has 0 unspecified atom stereocenters. The minimum Gasteiger partial charge on any atom is -0.399 e. The molecule has 0 amide bonds. The third-order valence-corrected chi connectivity index (χ3v) is 3.51. The fourth-order valence-corrected chi connectivity index (χ4v) is 2.27. The van der Waals surface area contributed by atoms with Gasteiger partial charge in [0.05, 0.1) is 12.5 Å². The summed E-state index contributed by atoms with van der Waals surface area (Å²) in [5.74, 6) is 0. The molecule has 0 saturated heterocycles. The zero-order valence-electron chi connectivity index (χ0n) is 8.92. The molecule has 17 heavy (non-hydrogen) atoms. The van der Waals surface area contributed by atoms with Crippen molar-refractivity contribution in [2.75, 3.05) is 5.73 Å². The average molecular weight is 252 g/mol. The number of nitrogens with zero attached hydrogens (tertiary/aromatic N) is 1. The molecule has 2 rings (SSSR count). The molecule has 0 aliphatic heterocycles. The second-order valence-electron chi connectivity index (χ2n) is 3.49. The number of anilines is 1. The number of hydrogen-bond acceptors (Lipinski definition) is 4. The highest BCUT2D eigenvalue weighted by molar-refractivity contribution is 7.89. The second-order valence-corrected chi connectivity index (χ2v) is 5.22. The van der Waals surface area contributed by atoms with Crippen LogP contribution in [-0.4, -0.2) is 18.4 Å². The molecule has 1 heterocycles. The van der Waals surface area contributed by atoms with Crippen LogP contribution in [-0.2, 0) is 16.6 Å². The van der Waals surface area contributed by atoms with E-state index in [9.17, 15) is 8.42 Å². The Morgan fingerprint density at radius 3 is 2.88 bits per heavy atom. The fraction of sp³-hybridized carbons (Fsp3) is 0.100. The van der Waals surface area contributed by atoms with Gasteiger partial charge in [-0.3, -0.25) is 0 Å². The van der Waals surface area contributed by atoms with Gasteiger partial charge in [-0.05, 0) is 17.7 Å². The first-order valence-electron chi connectivity index (χ1n) is 4.90. The van der Waals surface area contributed by atoms with E-state index in [1.165, 1.54) is 12.5 Å². The van der Waals surface area contributed by atoms with Crippen molar-refractivity contribution in [1.29, 1.82) is 0 Å². The van der Waals surface area contributed by atoms with Gasteiger partial charge < -0.3 is 10.7 Å². The zero-order chi connectivity index (χ0) is 12.3. The summed E-state index contributed by atoms with van der Waals surface area (Å²) in [5.41, 5.74) is 7.00. The Morgan fingerprint density at radius 1 is 1.41 bits per heavy atom. The molecule has 0 aliphatic rings. The van der Waals surface area contributed by atoms with Crippen molar-refractivity contribution < 1.29 is 8.42 Å². The van der Waals surface area contributed by atoms with Gasteiger partial charge in [-0.1, -0.05) is 12.1 Å². The highest BCUT2D eigenvalue weighted by atomic mass is 32.2. The average Bonchev–Trinajstić information content (AvgIpc) is 2.81. The number of sulfonamides is 1. The van der Waals surface area contributed by atoms with Gasteiger partial charge in [-0.15, -0.1) is 0 Å². The lowest BCUT2D eigenvalue weighted by atomic mass is 10.2. The summed E-state index contributed by atoms with van der Waals surface area (Å²) in [5, 5.41) is 0.0430. The maximum absolute atomic E-state index is 11.7. The van der Waals surface area contributed by atoms with Gasteiger partial charge in [0.15, 0.2) is 5.03 Å². The molecule has 7 heteroatoms. The molecule has 0 spiro atoms. The number of aromatic amines is 1. The monoisotopic (exact) mass is 252 g/mol. The summed E-state index contributed by atoms with van der Waals surface area (Å²) in [6.45, 7) is 0.187. The summed E-state index contributed by atoms with van der Waals surface area (Å²) in [4.78, 5) is 6.20. The van der Waals surface area contributed by atoms with E-state index >= 15 is 0 Å². The summed E-state index contributed by atoms with van der Waals surface area (Å²) in [6, 6.07) is 7.03. The molecule has 2 aromatic rings. The maximum atomic E-state index is 11.7. The number of rotatable bonds is 4. The first-order valence-corrected chi connectivity index (χ1v) is 6.39. The van der Waals surface area contributed by atoms with Gasteiger partial charge in [0.2, 0.25) is 0 Å². The summed E-state index contributed by atoms with van der Waals surface area (Å²) >= 11 is 0. The van der Waals surface area contributed by atoms with Crippen LogP contribution in [0.4, 0.5) is 5.69 Å². The third-order valence-electron chi connectivity index (χ3n) is 2.18. The number of imidazole rings is 1. The number of nitrogens with one attached hydrogen (secondary N) is 2. The van der Waals surface area contributed by atoms with Crippen molar-refractivity contribution in [3.63, 3.8) is 0 Å². The minimum atomic E-state index is -3.54. The molecule has 0 atom stereocenters. The molecule has 0 aliphatic carbocycles. The molecule has 1 aromatic heterocycles. The summed E-state index contributed by atoms with van der Waals surface area (Å²) < 4.78 is 25.9. The highest BCUT2D eigenvalue weighted by Crippen LogP contribution is 2.08. The van der Waals surface area contributed by atoms with Gasteiger partial charge in [-0.2, -0.15) is 0 Å². The number of H-pyrrole nitrogens is 1. The first kappa shape index (κ1) is 11.6. The molecule has 90 valence electrons. The third kappa shape index (κ3) is 2.83. The number of nitrogen functional groups attached to an aromatic ring is 1. The Labute approximate surface area is 98.9 Å². The first-order chi connectivity index (χ1) is 8.08. The Bertz CT molecular complexity index is 593. The lowest BCUT2D eigenvalue weighted by Crippen LogP contribution is -2.23. The summed E-state index contributed by atoms with van der Waals surface area (Å²) in [6.07, 6.45) is 2.57. The normalized spacial score (nSPS) is 11.5. The van der Waals surface area contributed by atoms with Crippen LogP contribution in [0.15, 0.2) is 41.8 Å². The largest absolute Gasteiger partial charge is 0.399 e. The van der Waals surface area contributed by atoms with Crippen molar-refractivity contribution in [3.05, 3.63) is 42.4 Å². The molecular formula is C10H12N4O2S. The molecule has 0 bridgehead atoms. The predicted molar refractivity (Wildman–Crippen MR) is 63.5 cm³/mol.